The molecule has 2 rings (SSSR count). The van der Waals surface area contributed by atoms with Crippen molar-refractivity contribution in [3.63, 3.8) is 0 Å². The van der Waals surface area contributed by atoms with Crippen LogP contribution in [0.1, 0.15) is 5.56 Å². The van der Waals surface area contributed by atoms with Crippen molar-refractivity contribution < 1.29 is 19.1 Å². The lowest BCUT2D eigenvalue weighted by Gasteiger charge is -2.07. The molecule has 0 aliphatic carbocycles. The van der Waals surface area contributed by atoms with Crippen LogP contribution in [0.4, 0.5) is 4.79 Å². The summed E-state index contributed by atoms with van der Waals surface area (Å²) in [6.07, 6.45) is 3.46. The summed E-state index contributed by atoms with van der Waals surface area (Å²) in [7, 11) is 3.13. The monoisotopic (exact) mass is 279 g/mol. The Morgan fingerprint density at radius 1 is 1.21 bits per heavy atom. The molecule has 1 aromatic carbocycles. The minimum atomic E-state index is -0.472. The van der Waals surface area contributed by atoms with Crippen molar-refractivity contribution in [1.82, 2.24) is 5.32 Å². The fourth-order valence-electron chi connectivity index (χ4n) is 1.65. The zero-order valence-corrected chi connectivity index (χ0v) is 11.3. The first kappa shape index (κ1) is 13.5. The first-order valence-corrected chi connectivity index (χ1v) is 6.43. The summed E-state index contributed by atoms with van der Waals surface area (Å²) in [4.78, 5) is 22.4. The van der Waals surface area contributed by atoms with E-state index in [9.17, 15) is 9.59 Å². The van der Waals surface area contributed by atoms with E-state index in [1.54, 1.807) is 38.5 Å². The molecule has 19 heavy (non-hydrogen) atoms. The van der Waals surface area contributed by atoms with Gasteiger partial charge in [0.15, 0.2) is 11.5 Å². The fraction of sp³-hybridized carbons (Fsp3) is 0.231. The van der Waals surface area contributed by atoms with Crippen molar-refractivity contribution in [3.05, 3.63) is 29.8 Å². The lowest BCUT2D eigenvalue weighted by molar-refractivity contribution is -0.118. The number of rotatable bonds is 4. The van der Waals surface area contributed by atoms with Crippen molar-refractivity contribution in [2.45, 2.75) is 5.25 Å². The normalized spacial score (nSPS) is 18.7. The molecule has 1 heterocycles. The SMILES string of the molecule is COc1ccc(/C=C/C2SC(=O)NC2=O)cc1OC. The number of hydrogen-bond donors (Lipinski definition) is 1. The second-order valence-electron chi connectivity index (χ2n) is 3.79. The smallest absolute Gasteiger partial charge is 0.286 e. The summed E-state index contributed by atoms with van der Waals surface area (Å²) in [5.41, 5.74) is 0.866. The lowest BCUT2D eigenvalue weighted by atomic mass is 10.1. The van der Waals surface area contributed by atoms with Gasteiger partial charge >= 0.3 is 0 Å². The maximum absolute atomic E-state index is 11.4. The minimum absolute atomic E-state index is 0.285. The molecular weight excluding hydrogens is 266 g/mol. The molecule has 1 N–H and O–H groups in total. The van der Waals surface area contributed by atoms with Crippen molar-refractivity contribution in [3.8, 4) is 11.5 Å². The molecule has 0 bridgehead atoms. The van der Waals surface area contributed by atoms with Crippen LogP contribution in [0.25, 0.3) is 6.08 Å². The summed E-state index contributed by atoms with van der Waals surface area (Å²) >= 11 is 0.968. The molecule has 1 unspecified atom stereocenters. The van der Waals surface area contributed by atoms with Crippen molar-refractivity contribution in [1.29, 1.82) is 0 Å². The van der Waals surface area contributed by atoms with Gasteiger partial charge < -0.3 is 9.47 Å². The van der Waals surface area contributed by atoms with Crippen molar-refractivity contribution >= 4 is 29.0 Å². The first-order valence-electron chi connectivity index (χ1n) is 5.55. The summed E-state index contributed by atoms with van der Waals surface area (Å²) in [5.74, 6) is 0.971. The standard InChI is InChI=1S/C13H13NO4S/c1-17-9-5-3-8(7-10(9)18-2)4-6-11-12(15)14-13(16)19-11/h3-7,11H,1-2H3,(H,14,15,16)/b6-4+. The van der Waals surface area contributed by atoms with Gasteiger partial charge in [-0.1, -0.05) is 18.2 Å². The van der Waals surface area contributed by atoms with Crippen LogP contribution in [-0.4, -0.2) is 30.6 Å². The number of nitrogens with one attached hydrogen (secondary N) is 1. The molecule has 0 aromatic heterocycles. The van der Waals surface area contributed by atoms with E-state index in [1.807, 2.05) is 6.07 Å². The Bertz CT molecular complexity index is 541. The summed E-state index contributed by atoms with van der Waals surface area (Å²) in [6.45, 7) is 0. The maximum Gasteiger partial charge on any atom is 0.286 e. The number of ether oxygens (including phenoxy) is 2. The van der Waals surface area contributed by atoms with Gasteiger partial charge in [-0.05, 0) is 29.5 Å². The van der Waals surface area contributed by atoms with Crippen molar-refractivity contribution in [2.24, 2.45) is 0 Å². The quantitative estimate of drug-likeness (QED) is 0.914. The summed E-state index contributed by atoms with van der Waals surface area (Å²) in [6, 6.07) is 5.43. The molecule has 1 aliphatic heterocycles. The first-order chi connectivity index (χ1) is 9.13. The number of hydrogen-bond acceptors (Lipinski definition) is 5. The van der Waals surface area contributed by atoms with E-state index in [-0.39, 0.29) is 11.1 Å². The third-order valence-corrected chi connectivity index (χ3v) is 3.53. The molecule has 0 spiro atoms. The number of imide groups is 1. The third-order valence-electron chi connectivity index (χ3n) is 2.59. The Balaban J connectivity index is 2.15. The predicted molar refractivity (Wildman–Crippen MR) is 73.5 cm³/mol. The van der Waals surface area contributed by atoms with E-state index in [0.29, 0.717) is 11.5 Å². The predicted octanol–water partition coefficient (Wildman–Crippen LogP) is 2.07. The average molecular weight is 279 g/mol. The van der Waals surface area contributed by atoms with Gasteiger partial charge in [-0.15, -0.1) is 0 Å². The van der Waals surface area contributed by atoms with Gasteiger partial charge in [0, 0.05) is 0 Å². The number of carbonyl (C=O) groups excluding carboxylic acids is 2. The Kier molecular flexibility index (Phi) is 4.11. The third kappa shape index (κ3) is 3.08. The number of carbonyl (C=O) groups is 2. The second kappa shape index (κ2) is 5.79. The highest BCUT2D eigenvalue weighted by Crippen LogP contribution is 2.28. The van der Waals surface area contributed by atoms with Crippen LogP contribution in [0.15, 0.2) is 24.3 Å². The second-order valence-corrected chi connectivity index (χ2v) is 4.90. The Hall–Kier alpha value is -1.95. The Labute approximate surface area is 115 Å². The number of methoxy groups -OCH3 is 2. The molecule has 0 radical (unpaired) electrons. The largest absolute Gasteiger partial charge is 0.493 e. The molecule has 1 atom stereocenters. The highest BCUT2D eigenvalue weighted by Gasteiger charge is 2.29. The molecule has 1 fully saturated rings. The van der Waals surface area contributed by atoms with Gasteiger partial charge in [0.1, 0.15) is 5.25 Å². The molecule has 6 heteroatoms. The average Bonchev–Trinajstić information content (AvgIpc) is 2.74. The van der Waals surface area contributed by atoms with E-state index in [1.165, 1.54) is 0 Å². The van der Waals surface area contributed by atoms with Crippen molar-refractivity contribution in [2.75, 3.05) is 14.2 Å². The van der Waals surface area contributed by atoms with Gasteiger partial charge in [0.25, 0.3) is 5.24 Å². The van der Waals surface area contributed by atoms with Gasteiger partial charge in [-0.25, -0.2) is 0 Å². The van der Waals surface area contributed by atoms with Gasteiger partial charge in [-0.2, -0.15) is 0 Å². The topological polar surface area (TPSA) is 64.6 Å². The van der Waals surface area contributed by atoms with Gasteiger partial charge in [-0.3, -0.25) is 14.9 Å². The molecule has 5 nitrogen and oxygen atoms in total. The molecule has 1 aromatic rings. The Morgan fingerprint density at radius 3 is 2.53 bits per heavy atom. The minimum Gasteiger partial charge on any atom is -0.493 e. The molecule has 100 valence electrons. The van der Waals surface area contributed by atoms with Crippen LogP contribution < -0.4 is 14.8 Å². The van der Waals surface area contributed by atoms with Crippen LogP contribution in [0.3, 0.4) is 0 Å². The highest BCUT2D eigenvalue weighted by molar-refractivity contribution is 8.15. The van der Waals surface area contributed by atoms with E-state index < -0.39 is 5.25 Å². The van der Waals surface area contributed by atoms with Crippen LogP contribution in [0, 0.1) is 0 Å². The number of amides is 2. The molecule has 1 aliphatic rings. The van der Waals surface area contributed by atoms with Crippen LogP contribution in [0.2, 0.25) is 0 Å². The van der Waals surface area contributed by atoms with E-state index in [4.69, 9.17) is 9.47 Å². The van der Waals surface area contributed by atoms with E-state index in [0.717, 1.165) is 17.3 Å². The number of benzene rings is 1. The van der Waals surface area contributed by atoms with Gasteiger partial charge in [0.2, 0.25) is 5.91 Å². The molecule has 1 saturated heterocycles. The zero-order chi connectivity index (χ0) is 13.8. The van der Waals surface area contributed by atoms with E-state index in [2.05, 4.69) is 5.32 Å². The summed E-state index contributed by atoms with van der Waals surface area (Å²) < 4.78 is 10.3. The zero-order valence-electron chi connectivity index (χ0n) is 10.5. The molecule has 2 amide bonds. The van der Waals surface area contributed by atoms with Crippen LogP contribution >= 0.6 is 11.8 Å². The highest BCUT2D eigenvalue weighted by atomic mass is 32.2. The molecular formula is C13H13NO4S. The number of thioether (sulfide) groups is 1. The van der Waals surface area contributed by atoms with Crippen LogP contribution in [-0.2, 0) is 4.79 Å². The Morgan fingerprint density at radius 2 is 1.95 bits per heavy atom. The summed E-state index contributed by atoms with van der Waals surface area (Å²) in [5, 5.41) is 1.45. The maximum atomic E-state index is 11.4. The van der Waals surface area contributed by atoms with Crippen LogP contribution in [0.5, 0.6) is 11.5 Å². The van der Waals surface area contributed by atoms with Gasteiger partial charge in [0.05, 0.1) is 14.2 Å². The fourth-order valence-corrected chi connectivity index (χ4v) is 2.36. The molecule has 0 saturated carbocycles. The lowest BCUT2D eigenvalue weighted by Crippen LogP contribution is -2.22. The van der Waals surface area contributed by atoms with E-state index >= 15 is 0 Å².